The molecule has 2 N–H and O–H groups in total. The summed E-state index contributed by atoms with van der Waals surface area (Å²) in [6, 6.07) is 0. The molecule has 0 aliphatic carbocycles. The molecule has 15 heavy (non-hydrogen) atoms. The Morgan fingerprint density at radius 2 is 2.47 bits per heavy atom. The molecule has 0 aliphatic heterocycles. The molecule has 1 aromatic heterocycles. The van der Waals surface area contributed by atoms with Crippen LogP contribution >= 0.6 is 0 Å². The van der Waals surface area contributed by atoms with Crippen molar-refractivity contribution >= 4 is 5.91 Å². The number of carbonyl (C=O) groups excluding carboxylic acids is 1. The van der Waals surface area contributed by atoms with Crippen LogP contribution in [0.15, 0.2) is 12.4 Å². The summed E-state index contributed by atoms with van der Waals surface area (Å²) in [6.45, 7) is 3.32. The van der Waals surface area contributed by atoms with Crippen LogP contribution in [0.2, 0.25) is 0 Å². The van der Waals surface area contributed by atoms with Gasteiger partial charge < -0.3 is 10.4 Å². The highest BCUT2D eigenvalue weighted by molar-refractivity contribution is 5.75. The lowest BCUT2D eigenvalue weighted by Gasteiger charge is -2.03. The van der Waals surface area contributed by atoms with Gasteiger partial charge in [-0.2, -0.15) is 5.10 Å². The van der Waals surface area contributed by atoms with E-state index in [0.29, 0.717) is 13.0 Å². The number of carbonyl (C=O) groups is 1. The maximum absolute atomic E-state index is 11.3. The van der Waals surface area contributed by atoms with Gasteiger partial charge in [0.25, 0.3) is 0 Å². The molecule has 0 bridgehead atoms. The first kappa shape index (κ1) is 11.6. The molecule has 0 aromatic carbocycles. The summed E-state index contributed by atoms with van der Waals surface area (Å²) in [4.78, 5) is 11.3. The van der Waals surface area contributed by atoms with Crippen LogP contribution in [0.3, 0.4) is 0 Å². The monoisotopic (exact) mass is 211 g/mol. The summed E-state index contributed by atoms with van der Waals surface area (Å²) >= 11 is 0. The van der Waals surface area contributed by atoms with Gasteiger partial charge in [0.15, 0.2) is 5.75 Å². The molecule has 1 heterocycles. The van der Waals surface area contributed by atoms with Crippen molar-refractivity contribution in [1.82, 2.24) is 15.1 Å². The maximum Gasteiger partial charge on any atom is 0.221 e. The summed E-state index contributed by atoms with van der Waals surface area (Å²) in [5.41, 5.74) is 0. The van der Waals surface area contributed by atoms with Crippen molar-refractivity contribution in [3.8, 4) is 5.75 Å². The summed E-state index contributed by atoms with van der Waals surface area (Å²) in [5.74, 6) is 0.153. The van der Waals surface area contributed by atoms with Crippen LogP contribution in [-0.2, 0) is 11.3 Å². The van der Waals surface area contributed by atoms with Crippen LogP contribution in [0.25, 0.3) is 0 Å². The summed E-state index contributed by atoms with van der Waals surface area (Å²) < 4.78 is 1.55. The van der Waals surface area contributed by atoms with Crippen molar-refractivity contribution in [3.63, 3.8) is 0 Å². The average Bonchev–Trinajstić information content (AvgIpc) is 2.62. The minimum atomic E-state index is 0.0263. The van der Waals surface area contributed by atoms with E-state index in [9.17, 15) is 4.79 Å². The third kappa shape index (κ3) is 4.49. The number of aromatic hydroxyl groups is 1. The smallest absolute Gasteiger partial charge is 0.221 e. The quantitative estimate of drug-likeness (QED) is 0.687. The van der Waals surface area contributed by atoms with Crippen molar-refractivity contribution in [3.05, 3.63) is 12.4 Å². The Kier molecular flexibility index (Phi) is 4.66. The predicted octanol–water partition coefficient (Wildman–Crippen LogP) is 0.895. The summed E-state index contributed by atoms with van der Waals surface area (Å²) in [5, 5.41) is 15.7. The first-order valence-electron chi connectivity index (χ1n) is 5.20. The Labute approximate surface area is 89.1 Å². The molecule has 0 saturated carbocycles. The van der Waals surface area contributed by atoms with Gasteiger partial charge in [0.2, 0.25) is 5.91 Å². The minimum Gasteiger partial charge on any atom is -0.505 e. The van der Waals surface area contributed by atoms with Crippen LogP contribution in [0.5, 0.6) is 5.75 Å². The third-order valence-corrected chi connectivity index (χ3v) is 2.04. The van der Waals surface area contributed by atoms with Gasteiger partial charge in [-0.3, -0.25) is 9.48 Å². The van der Waals surface area contributed by atoms with Crippen LogP contribution < -0.4 is 5.32 Å². The first-order valence-corrected chi connectivity index (χ1v) is 5.20. The molecule has 0 aliphatic rings. The van der Waals surface area contributed by atoms with E-state index in [2.05, 4.69) is 17.3 Å². The van der Waals surface area contributed by atoms with Crippen molar-refractivity contribution in [2.24, 2.45) is 0 Å². The number of aryl methyl sites for hydroxylation is 1. The maximum atomic E-state index is 11.3. The highest BCUT2D eigenvalue weighted by atomic mass is 16.3. The van der Waals surface area contributed by atoms with Crippen molar-refractivity contribution in [2.45, 2.75) is 32.7 Å². The first-order chi connectivity index (χ1) is 7.22. The second-order valence-electron chi connectivity index (χ2n) is 3.42. The van der Waals surface area contributed by atoms with E-state index in [1.165, 1.54) is 12.4 Å². The van der Waals surface area contributed by atoms with Crippen LogP contribution in [0.4, 0.5) is 0 Å². The Balaban J connectivity index is 2.16. The van der Waals surface area contributed by atoms with Crippen LogP contribution in [0, 0.1) is 0 Å². The number of nitrogens with one attached hydrogen (secondary N) is 1. The van der Waals surface area contributed by atoms with E-state index in [-0.39, 0.29) is 11.7 Å². The SMILES string of the molecule is CCCCNC(=O)CCn1cc(O)cn1. The van der Waals surface area contributed by atoms with Crippen LogP contribution in [-0.4, -0.2) is 27.3 Å². The zero-order chi connectivity index (χ0) is 11.1. The van der Waals surface area contributed by atoms with E-state index >= 15 is 0 Å². The molecule has 1 amide bonds. The number of unbranched alkanes of at least 4 members (excludes halogenated alkanes) is 1. The summed E-state index contributed by atoms with van der Waals surface area (Å²) in [7, 11) is 0. The second kappa shape index (κ2) is 6.06. The zero-order valence-electron chi connectivity index (χ0n) is 8.94. The number of hydrogen-bond donors (Lipinski definition) is 2. The van der Waals surface area contributed by atoms with E-state index < -0.39 is 0 Å². The molecular weight excluding hydrogens is 194 g/mol. The fraction of sp³-hybridized carbons (Fsp3) is 0.600. The van der Waals surface area contributed by atoms with Crippen molar-refractivity contribution in [1.29, 1.82) is 0 Å². The number of hydrogen-bond acceptors (Lipinski definition) is 3. The number of nitrogens with zero attached hydrogens (tertiary/aromatic N) is 2. The highest BCUT2D eigenvalue weighted by Gasteiger charge is 2.01. The molecule has 0 radical (unpaired) electrons. The fourth-order valence-corrected chi connectivity index (χ4v) is 1.18. The van der Waals surface area contributed by atoms with E-state index in [4.69, 9.17) is 5.11 Å². The third-order valence-electron chi connectivity index (χ3n) is 2.04. The van der Waals surface area contributed by atoms with Gasteiger partial charge >= 0.3 is 0 Å². The molecular formula is C10H17N3O2. The van der Waals surface area contributed by atoms with E-state index in [0.717, 1.165) is 19.4 Å². The van der Waals surface area contributed by atoms with Gasteiger partial charge in [0.1, 0.15) is 0 Å². The number of aromatic nitrogens is 2. The molecule has 5 nitrogen and oxygen atoms in total. The largest absolute Gasteiger partial charge is 0.505 e. The molecule has 84 valence electrons. The summed E-state index contributed by atoms with van der Waals surface area (Å²) in [6.07, 6.45) is 5.33. The molecule has 0 atom stereocenters. The van der Waals surface area contributed by atoms with Gasteiger partial charge in [-0.05, 0) is 6.42 Å². The van der Waals surface area contributed by atoms with E-state index in [1.807, 2.05) is 0 Å². The van der Waals surface area contributed by atoms with Gasteiger partial charge in [0.05, 0.1) is 12.4 Å². The number of amides is 1. The lowest BCUT2D eigenvalue weighted by atomic mass is 10.3. The number of rotatable bonds is 6. The predicted molar refractivity (Wildman–Crippen MR) is 56.4 cm³/mol. The minimum absolute atomic E-state index is 0.0263. The molecule has 0 spiro atoms. The van der Waals surface area contributed by atoms with Crippen LogP contribution in [0.1, 0.15) is 26.2 Å². The topological polar surface area (TPSA) is 67.2 Å². The molecule has 0 unspecified atom stereocenters. The molecule has 5 heteroatoms. The van der Waals surface area contributed by atoms with Gasteiger partial charge in [-0.25, -0.2) is 0 Å². The second-order valence-corrected chi connectivity index (χ2v) is 3.42. The lowest BCUT2D eigenvalue weighted by molar-refractivity contribution is -0.121. The van der Waals surface area contributed by atoms with Gasteiger partial charge in [0, 0.05) is 19.5 Å². The Hall–Kier alpha value is -1.52. The molecule has 0 saturated heterocycles. The normalized spacial score (nSPS) is 10.2. The molecule has 1 rings (SSSR count). The standard InChI is InChI=1S/C10H17N3O2/c1-2-3-5-11-10(15)4-6-13-8-9(14)7-12-13/h7-8,14H,2-6H2,1H3,(H,11,15). The van der Waals surface area contributed by atoms with E-state index in [1.54, 1.807) is 4.68 Å². The lowest BCUT2D eigenvalue weighted by Crippen LogP contribution is -2.25. The molecule has 1 aromatic rings. The highest BCUT2D eigenvalue weighted by Crippen LogP contribution is 2.04. The fourth-order valence-electron chi connectivity index (χ4n) is 1.18. The zero-order valence-corrected chi connectivity index (χ0v) is 8.94. The van der Waals surface area contributed by atoms with Gasteiger partial charge in [-0.15, -0.1) is 0 Å². The average molecular weight is 211 g/mol. The van der Waals surface area contributed by atoms with Crippen molar-refractivity contribution in [2.75, 3.05) is 6.54 Å². The molecule has 0 fully saturated rings. The Morgan fingerprint density at radius 3 is 3.07 bits per heavy atom. The van der Waals surface area contributed by atoms with Crippen molar-refractivity contribution < 1.29 is 9.90 Å². The van der Waals surface area contributed by atoms with Gasteiger partial charge in [-0.1, -0.05) is 13.3 Å². The Morgan fingerprint density at radius 1 is 1.67 bits per heavy atom. The Bertz CT molecular complexity index is 309.